The highest BCUT2D eigenvalue weighted by atomic mass is 32.2. The number of sulfonamides is 2. The van der Waals surface area contributed by atoms with E-state index in [1.54, 1.807) is 48.5 Å². The number of carbonyl (C=O) groups excluding carboxylic acids is 2. The largest absolute Gasteiger partial charge is 0.444 e. The first kappa shape index (κ1) is 62.8. The Morgan fingerprint density at radius 3 is 1.42 bits per heavy atom. The molecule has 6 N–H and O–H groups in total. The number of hydrogen-bond donors (Lipinski definition) is 6. The van der Waals surface area contributed by atoms with Crippen LogP contribution in [0.4, 0.5) is 21.0 Å². The van der Waals surface area contributed by atoms with Crippen LogP contribution in [0.3, 0.4) is 0 Å². The van der Waals surface area contributed by atoms with Gasteiger partial charge in [0, 0.05) is 56.1 Å². The summed E-state index contributed by atoms with van der Waals surface area (Å²) in [4.78, 5) is 25.9. The second-order valence-corrected chi connectivity index (χ2v) is 25.8. The molecule has 3 fully saturated rings. The maximum absolute atomic E-state index is 13.7. The minimum atomic E-state index is -3.93. The van der Waals surface area contributed by atoms with E-state index in [1.807, 2.05) is 116 Å². The van der Waals surface area contributed by atoms with Gasteiger partial charge in [-0.3, -0.25) is 0 Å². The highest BCUT2D eigenvalue weighted by molar-refractivity contribution is 7.89. The number of carbonyl (C=O) groups is 2. The van der Waals surface area contributed by atoms with E-state index in [2.05, 4.69) is 21.3 Å². The van der Waals surface area contributed by atoms with E-state index in [1.165, 1.54) is 8.61 Å². The molecule has 4 aromatic rings. The van der Waals surface area contributed by atoms with Crippen molar-refractivity contribution in [1.82, 2.24) is 19.2 Å². The van der Waals surface area contributed by atoms with Gasteiger partial charge in [-0.05, 0) is 118 Å². The molecule has 3 aliphatic heterocycles. The molecule has 0 aliphatic carbocycles. The lowest BCUT2D eigenvalue weighted by Crippen LogP contribution is -2.51. The van der Waals surface area contributed by atoms with Gasteiger partial charge >= 0.3 is 12.2 Å². The lowest BCUT2D eigenvalue weighted by molar-refractivity contribution is -0.0907. The van der Waals surface area contributed by atoms with Crippen molar-refractivity contribution in [3.05, 3.63) is 120 Å². The summed E-state index contributed by atoms with van der Waals surface area (Å²) in [6.07, 6.45) is -2.91. The molecule has 2 amide bonds. The van der Waals surface area contributed by atoms with Crippen LogP contribution in [0.15, 0.2) is 119 Å². The van der Waals surface area contributed by atoms with Crippen molar-refractivity contribution in [1.29, 1.82) is 0 Å². The molecule has 0 bridgehead atoms. The number of fused-ring (bicyclic) bond motifs is 1. The van der Waals surface area contributed by atoms with Gasteiger partial charge in [-0.2, -0.15) is 8.61 Å². The van der Waals surface area contributed by atoms with E-state index in [9.17, 15) is 36.6 Å². The van der Waals surface area contributed by atoms with E-state index in [-0.39, 0.29) is 84.8 Å². The second-order valence-electron chi connectivity index (χ2n) is 22.0. The Kier molecular flexibility index (Phi) is 23.8. The molecule has 0 radical (unpaired) electrons. The quantitative estimate of drug-likeness (QED) is 0.0363. The standard InChI is InChI=1S/C30H43N3O7S.C28H41N3O6S/c1-20(2)17-33(41(36,37)24-12-10-23(11-13-24)31-21(3)4)18-27(34)26(16-22-8-6-5-7-9-22)32-30(35)40-28-19-39-29-25(28)14-15-38-29;1-20(2)17-31(38(34,35)25-12-10-23(11-13-25)29-21(3)4)18-27(32)26(16-22-8-6-5-7-9-22)30-28(33)37-24-14-15-36-19-24/h5-13,20-21,25-29,31,34H,14-19H2,1-4H3,(H,32,35);5-13,20-21,24,26-27,29,32H,14-19H2,1-4H3,(H,30,33)/t25-,26-,27+,28-,29+;24-,26-,27+/m00/s1. The first-order valence-electron chi connectivity index (χ1n) is 27.5. The van der Waals surface area contributed by atoms with Crippen molar-refractivity contribution >= 4 is 43.6 Å². The summed E-state index contributed by atoms with van der Waals surface area (Å²) in [5.41, 5.74) is 3.43. The van der Waals surface area contributed by atoms with Gasteiger partial charge < -0.3 is 55.2 Å². The number of ether oxygens (including phenoxy) is 5. The molecule has 3 heterocycles. The molecule has 21 heteroatoms. The van der Waals surface area contributed by atoms with E-state index in [0.717, 1.165) is 28.9 Å². The van der Waals surface area contributed by atoms with Crippen molar-refractivity contribution in [2.45, 2.75) is 146 Å². The number of nitrogens with zero attached hydrogens (tertiary/aromatic N) is 2. The SMILES string of the molecule is CC(C)CN(C[C@@H](O)[C@H](Cc1ccccc1)NC(=O)O[C@H]1CCOC1)S(=O)(=O)c1ccc(NC(C)C)cc1.CC(C)CN(C[C@@H](O)[C@H](Cc1ccccc1)NC(=O)O[C@H]1CO[C@H]2OCC[C@H]21)S(=O)(=O)c1ccc(NC(C)C)cc1. The van der Waals surface area contributed by atoms with Crippen LogP contribution in [0.1, 0.15) is 79.4 Å². The molecule has 19 nitrogen and oxygen atoms in total. The van der Waals surface area contributed by atoms with Crippen molar-refractivity contribution in [2.24, 2.45) is 17.8 Å². The number of amides is 2. The van der Waals surface area contributed by atoms with Gasteiger partial charge in [0.25, 0.3) is 0 Å². The highest BCUT2D eigenvalue weighted by Crippen LogP contribution is 2.33. The molecule has 0 aromatic heterocycles. The average molecular weight is 1140 g/mol. The van der Waals surface area contributed by atoms with Gasteiger partial charge in [0.2, 0.25) is 20.0 Å². The third-order valence-electron chi connectivity index (χ3n) is 13.4. The van der Waals surface area contributed by atoms with Crippen molar-refractivity contribution in [3.8, 4) is 0 Å². The number of alkyl carbamates (subject to hydrolysis) is 2. The van der Waals surface area contributed by atoms with Crippen LogP contribution in [0, 0.1) is 17.8 Å². The number of nitrogens with one attached hydrogen (secondary N) is 4. The predicted molar refractivity (Wildman–Crippen MR) is 304 cm³/mol. The number of benzene rings is 4. The highest BCUT2D eigenvalue weighted by Gasteiger charge is 2.44. The molecular formula is C58H84N6O13S2. The zero-order chi connectivity index (χ0) is 57.3. The van der Waals surface area contributed by atoms with Crippen LogP contribution >= 0.6 is 0 Å². The van der Waals surface area contributed by atoms with Crippen LogP contribution in [0.25, 0.3) is 0 Å². The Morgan fingerprint density at radius 2 is 1.01 bits per heavy atom. The lowest BCUT2D eigenvalue weighted by Gasteiger charge is -2.31. The average Bonchev–Trinajstić information content (AvgIpc) is 4.20. The fourth-order valence-electron chi connectivity index (χ4n) is 9.55. The first-order chi connectivity index (χ1) is 37.6. The monoisotopic (exact) mass is 1140 g/mol. The van der Waals surface area contributed by atoms with Crippen LogP contribution in [0.5, 0.6) is 0 Å². The molecule has 3 aliphatic rings. The summed E-state index contributed by atoms with van der Waals surface area (Å²) in [5, 5.41) is 34.8. The van der Waals surface area contributed by atoms with Crippen LogP contribution < -0.4 is 21.3 Å². The summed E-state index contributed by atoms with van der Waals surface area (Å²) in [6.45, 7) is 17.4. The van der Waals surface area contributed by atoms with E-state index < -0.39 is 62.6 Å². The van der Waals surface area contributed by atoms with Crippen molar-refractivity contribution in [2.75, 3.05) is 63.2 Å². The maximum atomic E-state index is 13.7. The summed E-state index contributed by atoms with van der Waals surface area (Å²) in [6, 6.07) is 30.9. The normalized spacial score (nSPS) is 19.9. The Bertz CT molecular complexity index is 2700. The fourth-order valence-corrected chi connectivity index (χ4v) is 12.8. The Balaban J connectivity index is 0.000000256. The Morgan fingerprint density at radius 1 is 0.570 bits per heavy atom. The number of aliphatic hydroxyl groups is 2. The molecule has 4 aromatic carbocycles. The lowest BCUT2D eigenvalue weighted by atomic mass is 10.0. The molecule has 3 saturated heterocycles. The van der Waals surface area contributed by atoms with Crippen LogP contribution in [-0.2, 0) is 56.6 Å². The molecule has 0 unspecified atom stereocenters. The third kappa shape index (κ3) is 19.4. The Labute approximate surface area is 468 Å². The Hall–Kier alpha value is -5.36. The van der Waals surface area contributed by atoms with Gasteiger partial charge in [0.15, 0.2) is 6.29 Å². The second kappa shape index (κ2) is 29.9. The van der Waals surface area contributed by atoms with Gasteiger partial charge in [0.05, 0.1) is 66.4 Å². The number of anilines is 2. The van der Waals surface area contributed by atoms with Crippen molar-refractivity contribution in [3.63, 3.8) is 0 Å². The minimum absolute atomic E-state index is 0.00768. The van der Waals surface area contributed by atoms with Gasteiger partial charge in [-0.15, -0.1) is 0 Å². The molecule has 436 valence electrons. The molecule has 7 rings (SSSR count). The summed E-state index contributed by atoms with van der Waals surface area (Å²) in [5.74, 6) is 0.00654. The first-order valence-corrected chi connectivity index (χ1v) is 30.4. The van der Waals surface area contributed by atoms with Gasteiger partial charge in [-0.25, -0.2) is 26.4 Å². The van der Waals surface area contributed by atoms with Gasteiger partial charge in [0.1, 0.15) is 12.2 Å². The predicted octanol–water partition coefficient (Wildman–Crippen LogP) is 7.25. The van der Waals surface area contributed by atoms with E-state index in [4.69, 9.17) is 23.7 Å². The summed E-state index contributed by atoms with van der Waals surface area (Å²) < 4.78 is 84.8. The fraction of sp³-hybridized carbons (Fsp3) is 0.552. The zero-order valence-electron chi connectivity index (χ0n) is 46.9. The topological polar surface area (TPSA) is 244 Å². The molecule has 0 saturated carbocycles. The molecular weight excluding hydrogens is 1050 g/mol. The zero-order valence-corrected chi connectivity index (χ0v) is 48.5. The third-order valence-corrected chi connectivity index (χ3v) is 17.0. The smallest absolute Gasteiger partial charge is 0.407 e. The molecule has 0 spiro atoms. The molecule has 79 heavy (non-hydrogen) atoms. The van der Waals surface area contributed by atoms with E-state index >= 15 is 0 Å². The number of aliphatic hydroxyl groups excluding tert-OH is 2. The van der Waals surface area contributed by atoms with Gasteiger partial charge in [-0.1, -0.05) is 88.4 Å². The maximum Gasteiger partial charge on any atom is 0.407 e. The van der Waals surface area contributed by atoms with Crippen LogP contribution in [0.2, 0.25) is 0 Å². The molecule has 8 atom stereocenters. The number of hydrogen-bond acceptors (Lipinski definition) is 15. The minimum Gasteiger partial charge on any atom is -0.444 e. The van der Waals surface area contributed by atoms with Crippen LogP contribution in [-0.4, -0.2) is 155 Å². The number of rotatable bonds is 26. The summed E-state index contributed by atoms with van der Waals surface area (Å²) in [7, 11) is -7.83. The van der Waals surface area contributed by atoms with E-state index in [0.29, 0.717) is 39.1 Å². The van der Waals surface area contributed by atoms with Crippen molar-refractivity contribution < 1.29 is 60.3 Å². The summed E-state index contributed by atoms with van der Waals surface area (Å²) >= 11 is 0.